The molecule has 0 radical (unpaired) electrons. The number of hydrogen-bond acceptors (Lipinski definition) is 2. The number of rotatable bonds is 5. The van der Waals surface area contributed by atoms with E-state index in [-0.39, 0.29) is 5.91 Å². The van der Waals surface area contributed by atoms with Gasteiger partial charge in [-0.1, -0.05) is 12.2 Å². The van der Waals surface area contributed by atoms with Gasteiger partial charge in [0, 0.05) is 20.0 Å². The Morgan fingerprint density at radius 1 is 1.43 bits per heavy atom. The Balaban J connectivity index is 1.93. The molecule has 1 rings (SSSR count). The SMILES string of the molecule is CC(=O)NCCNCC1CC=CCC1. The number of amides is 1. The zero-order valence-corrected chi connectivity index (χ0v) is 8.88. The van der Waals surface area contributed by atoms with Crippen LogP contribution in [0.2, 0.25) is 0 Å². The zero-order chi connectivity index (χ0) is 10.2. The summed E-state index contributed by atoms with van der Waals surface area (Å²) in [5, 5.41) is 6.13. The quantitative estimate of drug-likeness (QED) is 0.510. The van der Waals surface area contributed by atoms with E-state index in [4.69, 9.17) is 0 Å². The number of carbonyl (C=O) groups excluding carboxylic acids is 1. The van der Waals surface area contributed by atoms with Gasteiger partial charge < -0.3 is 10.6 Å². The molecule has 0 aliphatic heterocycles. The molecule has 0 aromatic heterocycles. The molecule has 80 valence electrons. The van der Waals surface area contributed by atoms with Gasteiger partial charge in [-0.3, -0.25) is 4.79 Å². The van der Waals surface area contributed by atoms with Gasteiger partial charge in [0.15, 0.2) is 0 Å². The Morgan fingerprint density at radius 2 is 2.29 bits per heavy atom. The lowest BCUT2D eigenvalue weighted by atomic mass is 9.94. The largest absolute Gasteiger partial charge is 0.355 e. The van der Waals surface area contributed by atoms with Crippen LogP contribution in [0.15, 0.2) is 12.2 Å². The lowest BCUT2D eigenvalue weighted by molar-refractivity contribution is -0.118. The molecule has 0 saturated carbocycles. The van der Waals surface area contributed by atoms with Gasteiger partial charge >= 0.3 is 0 Å². The molecule has 1 amide bonds. The maximum atomic E-state index is 10.6. The Labute approximate surface area is 86.0 Å². The smallest absolute Gasteiger partial charge is 0.216 e. The van der Waals surface area contributed by atoms with Crippen molar-refractivity contribution < 1.29 is 4.79 Å². The second-order valence-corrected chi connectivity index (χ2v) is 3.84. The maximum Gasteiger partial charge on any atom is 0.216 e. The van der Waals surface area contributed by atoms with Gasteiger partial charge in [0.05, 0.1) is 0 Å². The molecule has 0 bridgehead atoms. The van der Waals surface area contributed by atoms with Crippen LogP contribution in [0.4, 0.5) is 0 Å². The summed E-state index contributed by atoms with van der Waals surface area (Å²) in [6.45, 7) is 4.23. The van der Waals surface area contributed by atoms with Crippen LogP contribution < -0.4 is 10.6 Å². The van der Waals surface area contributed by atoms with Crippen molar-refractivity contribution in [1.82, 2.24) is 10.6 Å². The van der Waals surface area contributed by atoms with E-state index >= 15 is 0 Å². The topological polar surface area (TPSA) is 41.1 Å². The standard InChI is InChI=1S/C11H20N2O/c1-10(14)13-8-7-12-9-11-5-3-2-4-6-11/h2-3,11-12H,4-9H2,1H3,(H,13,14). The van der Waals surface area contributed by atoms with Crippen LogP contribution in [0.1, 0.15) is 26.2 Å². The second-order valence-electron chi connectivity index (χ2n) is 3.84. The molecule has 3 nitrogen and oxygen atoms in total. The number of hydrogen-bond donors (Lipinski definition) is 2. The zero-order valence-electron chi connectivity index (χ0n) is 8.88. The molecule has 0 saturated heterocycles. The molecule has 0 aromatic rings. The number of allylic oxidation sites excluding steroid dienone is 2. The van der Waals surface area contributed by atoms with Crippen molar-refractivity contribution in [2.45, 2.75) is 26.2 Å². The number of nitrogens with one attached hydrogen (secondary N) is 2. The molecule has 1 atom stereocenters. The van der Waals surface area contributed by atoms with Gasteiger partial charge in [-0.15, -0.1) is 0 Å². The van der Waals surface area contributed by atoms with Gasteiger partial charge in [-0.25, -0.2) is 0 Å². The minimum atomic E-state index is 0.0485. The molecule has 0 fully saturated rings. The van der Waals surface area contributed by atoms with E-state index in [0.717, 1.165) is 25.6 Å². The van der Waals surface area contributed by atoms with Crippen molar-refractivity contribution in [2.24, 2.45) is 5.92 Å². The van der Waals surface area contributed by atoms with Crippen molar-refractivity contribution in [3.63, 3.8) is 0 Å². The van der Waals surface area contributed by atoms with Gasteiger partial charge in [-0.2, -0.15) is 0 Å². The summed E-state index contributed by atoms with van der Waals surface area (Å²) in [7, 11) is 0. The average Bonchev–Trinajstić information content (AvgIpc) is 2.18. The third kappa shape index (κ3) is 5.02. The monoisotopic (exact) mass is 196 g/mol. The Morgan fingerprint density at radius 3 is 2.93 bits per heavy atom. The summed E-state index contributed by atoms with van der Waals surface area (Å²) >= 11 is 0. The first-order valence-corrected chi connectivity index (χ1v) is 5.39. The first-order valence-electron chi connectivity index (χ1n) is 5.39. The van der Waals surface area contributed by atoms with Crippen molar-refractivity contribution >= 4 is 5.91 Å². The molecule has 1 aliphatic carbocycles. The number of carbonyl (C=O) groups is 1. The Bertz CT molecular complexity index is 201. The highest BCUT2D eigenvalue weighted by molar-refractivity contribution is 5.72. The third-order valence-electron chi connectivity index (χ3n) is 2.49. The molecule has 14 heavy (non-hydrogen) atoms. The predicted octanol–water partition coefficient (Wildman–Crippen LogP) is 1.07. The van der Waals surface area contributed by atoms with E-state index in [2.05, 4.69) is 22.8 Å². The molecule has 0 spiro atoms. The highest BCUT2D eigenvalue weighted by Crippen LogP contribution is 2.16. The normalized spacial score (nSPS) is 20.8. The fourth-order valence-electron chi connectivity index (χ4n) is 1.67. The summed E-state index contributed by atoms with van der Waals surface area (Å²) in [6.07, 6.45) is 8.24. The molecule has 1 aliphatic rings. The summed E-state index contributed by atoms with van der Waals surface area (Å²) in [4.78, 5) is 10.6. The summed E-state index contributed by atoms with van der Waals surface area (Å²) in [5.41, 5.74) is 0. The molecule has 0 heterocycles. The summed E-state index contributed by atoms with van der Waals surface area (Å²) in [5.74, 6) is 0.838. The molecule has 0 aromatic carbocycles. The summed E-state index contributed by atoms with van der Waals surface area (Å²) < 4.78 is 0. The average molecular weight is 196 g/mol. The highest BCUT2D eigenvalue weighted by Gasteiger charge is 2.08. The molecule has 1 unspecified atom stereocenters. The van der Waals surface area contributed by atoms with Crippen LogP contribution in [0, 0.1) is 5.92 Å². The highest BCUT2D eigenvalue weighted by atomic mass is 16.1. The van der Waals surface area contributed by atoms with Crippen LogP contribution in [0.3, 0.4) is 0 Å². The minimum Gasteiger partial charge on any atom is -0.355 e. The van der Waals surface area contributed by atoms with Crippen LogP contribution in [-0.4, -0.2) is 25.5 Å². The van der Waals surface area contributed by atoms with Gasteiger partial charge in [0.1, 0.15) is 0 Å². The Hall–Kier alpha value is -0.830. The lowest BCUT2D eigenvalue weighted by Crippen LogP contribution is -2.32. The Kier molecular flexibility index (Phi) is 5.30. The van der Waals surface area contributed by atoms with E-state index in [1.54, 1.807) is 6.92 Å². The summed E-state index contributed by atoms with van der Waals surface area (Å²) in [6, 6.07) is 0. The van der Waals surface area contributed by atoms with E-state index < -0.39 is 0 Å². The van der Waals surface area contributed by atoms with Gasteiger partial charge in [0.2, 0.25) is 5.91 Å². The molecule has 2 N–H and O–H groups in total. The maximum absolute atomic E-state index is 10.6. The predicted molar refractivity (Wildman–Crippen MR) is 58.0 cm³/mol. The molecular weight excluding hydrogens is 176 g/mol. The lowest BCUT2D eigenvalue weighted by Gasteiger charge is -2.18. The van der Waals surface area contributed by atoms with Crippen LogP contribution in [-0.2, 0) is 4.79 Å². The van der Waals surface area contributed by atoms with Crippen molar-refractivity contribution in [3.8, 4) is 0 Å². The van der Waals surface area contributed by atoms with Gasteiger partial charge in [-0.05, 0) is 31.7 Å². The van der Waals surface area contributed by atoms with Crippen LogP contribution >= 0.6 is 0 Å². The fraction of sp³-hybridized carbons (Fsp3) is 0.727. The first-order chi connectivity index (χ1) is 6.79. The van der Waals surface area contributed by atoms with Crippen molar-refractivity contribution in [1.29, 1.82) is 0 Å². The van der Waals surface area contributed by atoms with Crippen molar-refractivity contribution in [2.75, 3.05) is 19.6 Å². The van der Waals surface area contributed by atoms with E-state index in [1.165, 1.54) is 19.3 Å². The second kappa shape index (κ2) is 6.60. The van der Waals surface area contributed by atoms with Crippen molar-refractivity contribution in [3.05, 3.63) is 12.2 Å². The molecular formula is C11H20N2O. The first kappa shape index (κ1) is 11.2. The van der Waals surface area contributed by atoms with Crippen LogP contribution in [0.5, 0.6) is 0 Å². The van der Waals surface area contributed by atoms with Gasteiger partial charge in [0.25, 0.3) is 0 Å². The fourth-order valence-corrected chi connectivity index (χ4v) is 1.67. The molecule has 3 heteroatoms. The van der Waals surface area contributed by atoms with Crippen LogP contribution in [0.25, 0.3) is 0 Å². The van der Waals surface area contributed by atoms with E-state index in [1.807, 2.05) is 0 Å². The minimum absolute atomic E-state index is 0.0485. The third-order valence-corrected chi connectivity index (χ3v) is 2.49. The van der Waals surface area contributed by atoms with E-state index in [9.17, 15) is 4.79 Å². The van der Waals surface area contributed by atoms with E-state index in [0.29, 0.717) is 0 Å².